The summed E-state index contributed by atoms with van der Waals surface area (Å²) < 4.78 is 12.8. The van der Waals surface area contributed by atoms with Crippen molar-refractivity contribution in [3.63, 3.8) is 0 Å². The Morgan fingerprint density at radius 1 is 1.12 bits per heavy atom. The summed E-state index contributed by atoms with van der Waals surface area (Å²) in [6.45, 7) is 14.5. The van der Waals surface area contributed by atoms with E-state index in [9.17, 15) is 4.79 Å². The summed E-state index contributed by atoms with van der Waals surface area (Å²) in [5.74, 6) is 1.44. The van der Waals surface area contributed by atoms with E-state index in [1.807, 2.05) is 64.1 Å². The molecular formula is C27H39N3O3S. The van der Waals surface area contributed by atoms with E-state index >= 15 is 0 Å². The van der Waals surface area contributed by atoms with E-state index < -0.39 is 5.60 Å². The van der Waals surface area contributed by atoms with Gasteiger partial charge >= 0.3 is 6.09 Å². The zero-order valence-corrected chi connectivity index (χ0v) is 22.4. The number of benzene rings is 2. The van der Waals surface area contributed by atoms with Gasteiger partial charge in [-0.25, -0.2) is 9.10 Å². The maximum absolute atomic E-state index is 11.7. The van der Waals surface area contributed by atoms with Gasteiger partial charge < -0.3 is 14.8 Å². The third-order valence-corrected chi connectivity index (χ3v) is 5.37. The van der Waals surface area contributed by atoms with Gasteiger partial charge in [0.05, 0.1) is 18.7 Å². The van der Waals surface area contributed by atoms with Crippen molar-refractivity contribution in [2.24, 2.45) is 5.92 Å². The average Bonchev–Trinajstić information content (AvgIpc) is 2.76. The molecule has 0 atom stereocenters. The normalized spacial score (nSPS) is 10.8. The van der Waals surface area contributed by atoms with Gasteiger partial charge in [0.15, 0.2) is 0 Å². The Bertz CT molecular complexity index is 885. The van der Waals surface area contributed by atoms with Crippen LogP contribution in [0.25, 0.3) is 0 Å². The Morgan fingerprint density at radius 3 is 2.24 bits per heavy atom. The second-order valence-electron chi connectivity index (χ2n) is 9.31. The molecular weight excluding hydrogens is 446 g/mol. The van der Waals surface area contributed by atoms with Gasteiger partial charge in [-0.2, -0.15) is 5.26 Å². The third-order valence-electron chi connectivity index (χ3n) is 4.30. The van der Waals surface area contributed by atoms with Crippen LogP contribution in [0.4, 0.5) is 4.79 Å². The number of methoxy groups -OCH3 is 1. The topological polar surface area (TPSA) is 74.6 Å². The molecule has 0 aliphatic carbocycles. The van der Waals surface area contributed by atoms with Gasteiger partial charge in [-0.3, -0.25) is 0 Å². The Hall–Kier alpha value is -2.69. The first-order valence-corrected chi connectivity index (χ1v) is 12.3. The number of nitrogens with zero attached hydrogens (tertiary/aromatic N) is 2. The predicted molar refractivity (Wildman–Crippen MR) is 140 cm³/mol. The zero-order chi connectivity index (χ0) is 25.6. The summed E-state index contributed by atoms with van der Waals surface area (Å²) in [4.78, 5) is 12.9. The van der Waals surface area contributed by atoms with Crippen molar-refractivity contribution >= 4 is 18.0 Å². The largest absolute Gasteiger partial charge is 0.497 e. The highest BCUT2D eigenvalue weighted by molar-refractivity contribution is 7.97. The lowest BCUT2D eigenvalue weighted by molar-refractivity contribution is 0.0526. The van der Waals surface area contributed by atoms with Crippen molar-refractivity contribution in [3.05, 3.63) is 59.7 Å². The van der Waals surface area contributed by atoms with Gasteiger partial charge in [0, 0.05) is 24.5 Å². The lowest BCUT2D eigenvalue weighted by Crippen LogP contribution is -2.34. The molecule has 2 rings (SSSR count). The van der Waals surface area contributed by atoms with Gasteiger partial charge in [0.2, 0.25) is 0 Å². The van der Waals surface area contributed by atoms with E-state index in [-0.39, 0.29) is 6.09 Å². The SMILES string of the molecule is COc1ccc(SN(CCCNC(=O)OC(C)(C)C)CC(C)C)cc1.Cc1ccc(C#N)cc1. The summed E-state index contributed by atoms with van der Waals surface area (Å²) in [7, 11) is 1.67. The minimum atomic E-state index is -0.460. The van der Waals surface area contributed by atoms with Crippen LogP contribution in [0.3, 0.4) is 0 Å². The molecule has 186 valence electrons. The standard InChI is InChI=1S/C19H32N2O3S.C8H7N/c1-15(2)14-21(25-17-10-8-16(23-6)9-11-17)13-7-12-20-18(22)24-19(3,4)5;1-7-2-4-8(6-9)5-3-7/h8-11,15H,7,12-14H2,1-6H3,(H,20,22);2-5H,1H3. The van der Waals surface area contributed by atoms with Crippen LogP contribution in [-0.4, -0.2) is 42.7 Å². The fourth-order valence-electron chi connectivity index (χ4n) is 2.76. The molecule has 1 N–H and O–H groups in total. The first-order chi connectivity index (χ1) is 16.0. The average molecular weight is 486 g/mol. The number of nitrogens with one attached hydrogen (secondary N) is 1. The summed E-state index contributed by atoms with van der Waals surface area (Å²) in [6.07, 6.45) is 0.514. The van der Waals surface area contributed by atoms with Crippen molar-refractivity contribution in [1.29, 1.82) is 5.26 Å². The number of amides is 1. The molecule has 0 radical (unpaired) electrons. The van der Waals surface area contributed by atoms with E-state index in [1.165, 1.54) is 10.5 Å². The summed E-state index contributed by atoms with van der Waals surface area (Å²) in [5.41, 5.74) is 1.45. The number of nitriles is 1. The van der Waals surface area contributed by atoms with E-state index in [1.54, 1.807) is 19.1 Å². The van der Waals surface area contributed by atoms with Crippen molar-refractivity contribution in [2.75, 3.05) is 26.7 Å². The molecule has 1 amide bonds. The molecule has 2 aromatic rings. The molecule has 0 saturated carbocycles. The summed E-state index contributed by atoms with van der Waals surface area (Å²) in [5, 5.41) is 11.2. The van der Waals surface area contributed by atoms with E-state index in [0.717, 1.165) is 30.8 Å². The molecule has 2 aromatic carbocycles. The maximum Gasteiger partial charge on any atom is 0.407 e. The highest BCUT2D eigenvalue weighted by atomic mass is 32.2. The Kier molecular flexibility index (Phi) is 13.2. The molecule has 0 fully saturated rings. The summed E-state index contributed by atoms with van der Waals surface area (Å²) >= 11 is 1.74. The summed E-state index contributed by atoms with van der Waals surface area (Å²) in [6, 6.07) is 17.6. The molecule has 0 heterocycles. The van der Waals surface area contributed by atoms with Crippen molar-refractivity contribution in [1.82, 2.24) is 9.62 Å². The number of alkyl carbamates (subject to hydrolysis) is 1. The van der Waals surface area contributed by atoms with Crippen molar-refractivity contribution in [2.45, 2.75) is 58.5 Å². The predicted octanol–water partition coefficient (Wildman–Crippen LogP) is 6.44. The van der Waals surface area contributed by atoms with Crippen LogP contribution >= 0.6 is 11.9 Å². The molecule has 0 aliphatic rings. The van der Waals surface area contributed by atoms with E-state index in [2.05, 4.69) is 41.7 Å². The Balaban J connectivity index is 0.000000533. The van der Waals surface area contributed by atoms with Crippen LogP contribution in [0.1, 0.15) is 52.2 Å². The minimum absolute atomic E-state index is 0.356. The molecule has 0 aliphatic heterocycles. The van der Waals surface area contributed by atoms with E-state index in [4.69, 9.17) is 14.7 Å². The van der Waals surface area contributed by atoms with Gasteiger partial charge in [-0.05, 0) is 88.4 Å². The lowest BCUT2D eigenvalue weighted by Gasteiger charge is -2.23. The van der Waals surface area contributed by atoms with Crippen molar-refractivity contribution < 1.29 is 14.3 Å². The quantitative estimate of drug-likeness (QED) is 0.325. The number of ether oxygens (including phenoxy) is 2. The van der Waals surface area contributed by atoms with Gasteiger partial charge in [-0.15, -0.1) is 0 Å². The van der Waals surface area contributed by atoms with Crippen LogP contribution in [0.5, 0.6) is 5.75 Å². The van der Waals surface area contributed by atoms with Crippen LogP contribution in [0, 0.1) is 24.2 Å². The smallest absolute Gasteiger partial charge is 0.407 e. The van der Waals surface area contributed by atoms with Crippen LogP contribution in [0.2, 0.25) is 0 Å². The number of hydrogen-bond donors (Lipinski definition) is 1. The molecule has 0 saturated heterocycles. The Labute approximate surface area is 209 Å². The second-order valence-corrected chi connectivity index (χ2v) is 10.5. The highest BCUT2D eigenvalue weighted by Crippen LogP contribution is 2.25. The number of rotatable bonds is 9. The van der Waals surface area contributed by atoms with Crippen molar-refractivity contribution in [3.8, 4) is 11.8 Å². The molecule has 0 spiro atoms. The number of carbonyl (C=O) groups excluding carboxylic acids is 1. The first kappa shape index (κ1) is 29.3. The van der Waals surface area contributed by atoms with Crippen LogP contribution < -0.4 is 10.1 Å². The Morgan fingerprint density at radius 2 is 1.74 bits per heavy atom. The number of hydrogen-bond acceptors (Lipinski definition) is 6. The second kappa shape index (κ2) is 15.3. The third kappa shape index (κ3) is 13.8. The monoisotopic (exact) mass is 485 g/mol. The molecule has 0 unspecified atom stereocenters. The zero-order valence-electron chi connectivity index (χ0n) is 21.6. The molecule has 6 nitrogen and oxygen atoms in total. The molecule has 34 heavy (non-hydrogen) atoms. The molecule has 0 aromatic heterocycles. The lowest BCUT2D eigenvalue weighted by atomic mass is 10.2. The van der Waals surface area contributed by atoms with Crippen LogP contribution in [0.15, 0.2) is 53.4 Å². The maximum atomic E-state index is 11.7. The van der Waals surface area contributed by atoms with E-state index in [0.29, 0.717) is 12.5 Å². The van der Waals surface area contributed by atoms with Crippen LogP contribution in [-0.2, 0) is 4.74 Å². The highest BCUT2D eigenvalue weighted by Gasteiger charge is 2.16. The van der Waals surface area contributed by atoms with Gasteiger partial charge in [0.1, 0.15) is 11.4 Å². The number of aryl methyl sites for hydroxylation is 1. The fraction of sp³-hybridized carbons (Fsp3) is 0.481. The molecule has 0 bridgehead atoms. The first-order valence-electron chi connectivity index (χ1n) is 11.5. The molecule has 7 heteroatoms. The number of carbonyl (C=O) groups is 1. The van der Waals surface area contributed by atoms with Gasteiger partial charge in [0.25, 0.3) is 0 Å². The minimum Gasteiger partial charge on any atom is -0.497 e. The van der Waals surface area contributed by atoms with Gasteiger partial charge in [-0.1, -0.05) is 31.5 Å². The fourth-order valence-corrected chi connectivity index (χ4v) is 3.90.